The lowest BCUT2D eigenvalue weighted by molar-refractivity contribution is 1.13. The van der Waals surface area contributed by atoms with Crippen molar-refractivity contribution in [2.24, 2.45) is 0 Å². The van der Waals surface area contributed by atoms with Crippen molar-refractivity contribution < 1.29 is 0 Å². The van der Waals surface area contributed by atoms with E-state index in [1.54, 1.807) is 0 Å². The standard InChI is InChI=1S/C50H29N5/c51-30-32-20-27-41-39-12-3-8-18-46(39)55(49(41)28-32)48-29-34(21-22-35(48)31-52)33-23-25-36(26-24-33)53-43-15-5-4-13-40(43)42-14-9-19-47(50(42)53)54-44-16-6-1-10-37(44)38-11-2-7-17-45(38)54/h1-29H. The van der Waals surface area contributed by atoms with Crippen LogP contribution in [0, 0.1) is 22.7 Å². The van der Waals surface area contributed by atoms with Crippen molar-refractivity contribution in [3.05, 3.63) is 187 Å². The van der Waals surface area contributed by atoms with E-state index in [0.29, 0.717) is 11.1 Å². The average molecular weight is 700 g/mol. The van der Waals surface area contributed by atoms with Gasteiger partial charge in [-0.3, -0.25) is 0 Å². The second-order valence-corrected chi connectivity index (χ2v) is 14.0. The van der Waals surface area contributed by atoms with Crippen LogP contribution in [0.2, 0.25) is 0 Å². The maximum absolute atomic E-state index is 10.3. The quantitative estimate of drug-likeness (QED) is 0.184. The zero-order valence-corrected chi connectivity index (χ0v) is 29.5. The molecule has 0 bridgehead atoms. The van der Waals surface area contributed by atoms with Crippen LogP contribution >= 0.6 is 0 Å². The first kappa shape index (κ1) is 30.7. The van der Waals surface area contributed by atoms with E-state index in [1.165, 1.54) is 32.6 Å². The van der Waals surface area contributed by atoms with Crippen molar-refractivity contribution in [2.75, 3.05) is 0 Å². The summed E-state index contributed by atoms with van der Waals surface area (Å²) in [5, 5.41) is 27.1. The van der Waals surface area contributed by atoms with Gasteiger partial charge in [-0.25, -0.2) is 0 Å². The van der Waals surface area contributed by atoms with Gasteiger partial charge in [0, 0.05) is 38.0 Å². The minimum Gasteiger partial charge on any atom is -0.308 e. The first-order chi connectivity index (χ1) is 27.2. The highest BCUT2D eigenvalue weighted by atomic mass is 15.1. The number of rotatable bonds is 4. The summed E-state index contributed by atoms with van der Waals surface area (Å²) in [5.41, 5.74) is 12.7. The lowest BCUT2D eigenvalue weighted by Gasteiger charge is -2.15. The van der Waals surface area contributed by atoms with E-state index in [-0.39, 0.29) is 0 Å². The molecular formula is C50H29N5. The third kappa shape index (κ3) is 4.45. The number of nitriles is 2. The van der Waals surface area contributed by atoms with Gasteiger partial charge in [0.05, 0.1) is 61.7 Å². The molecule has 55 heavy (non-hydrogen) atoms. The zero-order valence-electron chi connectivity index (χ0n) is 29.5. The Hall–Kier alpha value is -7.86. The topological polar surface area (TPSA) is 62.4 Å². The molecule has 0 unspecified atom stereocenters. The highest BCUT2D eigenvalue weighted by Gasteiger charge is 2.20. The van der Waals surface area contributed by atoms with Crippen LogP contribution in [0.4, 0.5) is 0 Å². The van der Waals surface area contributed by atoms with Crippen molar-refractivity contribution in [1.29, 1.82) is 10.5 Å². The van der Waals surface area contributed by atoms with Gasteiger partial charge in [-0.15, -0.1) is 0 Å². The van der Waals surface area contributed by atoms with E-state index in [9.17, 15) is 10.5 Å². The first-order valence-electron chi connectivity index (χ1n) is 18.3. The summed E-state index contributed by atoms with van der Waals surface area (Å²) in [5.74, 6) is 0. The minimum atomic E-state index is 0.563. The largest absolute Gasteiger partial charge is 0.308 e. The van der Waals surface area contributed by atoms with Gasteiger partial charge in [0.15, 0.2) is 0 Å². The second kappa shape index (κ2) is 11.8. The van der Waals surface area contributed by atoms with Crippen LogP contribution < -0.4 is 0 Å². The van der Waals surface area contributed by atoms with Gasteiger partial charge >= 0.3 is 0 Å². The van der Waals surface area contributed by atoms with Gasteiger partial charge in [-0.05, 0) is 77.9 Å². The Labute approximate surface area is 316 Å². The molecule has 0 spiro atoms. The monoisotopic (exact) mass is 699 g/mol. The van der Waals surface area contributed by atoms with Gasteiger partial charge in [0.2, 0.25) is 0 Å². The lowest BCUT2D eigenvalue weighted by atomic mass is 10.0. The van der Waals surface area contributed by atoms with E-state index < -0.39 is 0 Å². The van der Waals surface area contributed by atoms with E-state index in [2.05, 4.69) is 159 Å². The third-order valence-corrected chi connectivity index (χ3v) is 11.1. The van der Waals surface area contributed by atoms with Crippen LogP contribution in [0.25, 0.3) is 93.6 Å². The molecule has 0 aliphatic heterocycles. The molecule has 0 aliphatic carbocycles. The molecule has 11 aromatic rings. The van der Waals surface area contributed by atoms with Crippen molar-refractivity contribution in [3.8, 4) is 40.3 Å². The van der Waals surface area contributed by atoms with Crippen LogP contribution in [0.3, 0.4) is 0 Å². The summed E-state index contributed by atoms with van der Waals surface area (Å²) >= 11 is 0. The maximum Gasteiger partial charge on any atom is 0.101 e. The lowest BCUT2D eigenvalue weighted by Crippen LogP contribution is -2.01. The predicted octanol–water partition coefficient (Wildman–Crippen LogP) is 12.4. The summed E-state index contributed by atoms with van der Waals surface area (Å²) in [7, 11) is 0. The van der Waals surface area contributed by atoms with Crippen LogP contribution in [-0.2, 0) is 0 Å². The molecule has 3 heterocycles. The summed E-state index contributed by atoms with van der Waals surface area (Å²) in [6.45, 7) is 0. The van der Waals surface area contributed by atoms with Crippen molar-refractivity contribution in [2.45, 2.75) is 0 Å². The smallest absolute Gasteiger partial charge is 0.101 e. The number of hydrogen-bond acceptors (Lipinski definition) is 2. The Balaban J connectivity index is 1.11. The number of para-hydroxylation sites is 5. The fourth-order valence-corrected chi connectivity index (χ4v) is 8.72. The van der Waals surface area contributed by atoms with Crippen molar-refractivity contribution in [3.63, 3.8) is 0 Å². The average Bonchev–Trinajstić information content (AvgIpc) is 3.89. The Kier molecular flexibility index (Phi) is 6.61. The second-order valence-electron chi connectivity index (χ2n) is 14.0. The fraction of sp³-hybridized carbons (Fsp3) is 0. The molecule has 0 N–H and O–H groups in total. The number of hydrogen-bond donors (Lipinski definition) is 0. The van der Waals surface area contributed by atoms with Crippen LogP contribution in [0.15, 0.2) is 176 Å². The number of fused-ring (bicyclic) bond motifs is 9. The molecule has 0 aliphatic rings. The highest BCUT2D eigenvalue weighted by Crippen LogP contribution is 2.40. The number of aromatic nitrogens is 3. The maximum atomic E-state index is 10.3. The Bertz CT molecular complexity index is 3400. The molecule has 5 nitrogen and oxygen atoms in total. The predicted molar refractivity (Wildman–Crippen MR) is 224 cm³/mol. The fourth-order valence-electron chi connectivity index (χ4n) is 8.72. The molecule has 0 radical (unpaired) electrons. The molecular weight excluding hydrogens is 671 g/mol. The third-order valence-electron chi connectivity index (χ3n) is 11.1. The molecule has 254 valence electrons. The Morgan fingerprint density at radius 1 is 0.345 bits per heavy atom. The molecule has 5 heteroatoms. The summed E-state index contributed by atoms with van der Waals surface area (Å²) in [6.07, 6.45) is 0. The van der Waals surface area contributed by atoms with Crippen molar-refractivity contribution in [1.82, 2.24) is 13.7 Å². The molecule has 3 aromatic heterocycles. The van der Waals surface area contributed by atoms with Crippen LogP contribution in [-0.4, -0.2) is 13.7 Å². The SMILES string of the molecule is N#Cc1ccc2c3ccccc3n(-c3cc(-c4ccc(-n5c6ccccc6c6cccc(-n7c8ccccc8c8ccccc87)c65)cc4)ccc3C#N)c2c1. The van der Waals surface area contributed by atoms with Gasteiger partial charge in [-0.2, -0.15) is 10.5 Å². The molecule has 0 amide bonds. The van der Waals surface area contributed by atoms with Gasteiger partial charge in [0.25, 0.3) is 0 Å². The zero-order chi connectivity index (χ0) is 36.6. The van der Waals surface area contributed by atoms with Gasteiger partial charge in [-0.1, -0.05) is 109 Å². The first-order valence-corrected chi connectivity index (χ1v) is 18.3. The number of benzene rings is 8. The van der Waals surface area contributed by atoms with E-state index >= 15 is 0 Å². The number of nitrogens with zero attached hydrogens (tertiary/aromatic N) is 5. The van der Waals surface area contributed by atoms with Crippen LogP contribution in [0.5, 0.6) is 0 Å². The highest BCUT2D eigenvalue weighted by molar-refractivity contribution is 6.15. The Morgan fingerprint density at radius 2 is 0.855 bits per heavy atom. The van der Waals surface area contributed by atoms with E-state index in [0.717, 1.165) is 61.0 Å². The molecule has 11 rings (SSSR count). The van der Waals surface area contributed by atoms with E-state index in [1.807, 2.05) is 42.5 Å². The van der Waals surface area contributed by atoms with Crippen LogP contribution in [0.1, 0.15) is 11.1 Å². The summed E-state index contributed by atoms with van der Waals surface area (Å²) < 4.78 is 6.92. The molecule has 0 fully saturated rings. The molecule has 0 saturated carbocycles. The molecule has 8 aromatic carbocycles. The van der Waals surface area contributed by atoms with E-state index in [4.69, 9.17) is 0 Å². The summed E-state index contributed by atoms with van der Waals surface area (Å²) in [4.78, 5) is 0. The Morgan fingerprint density at radius 3 is 1.45 bits per heavy atom. The van der Waals surface area contributed by atoms with Gasteiger partial charge < -0.3 is 13.7 Å². The molecule has 0 atom stereocenters. The van der Waals surface area contributed by atoms with Gasteiger partial charge in [0.1, 0.15) is 6.07 Å². The minimum absolute atomic E-state index is 0.563. The van der Waals surface area contributed by atoms with Crippen molar-refractivity contribution >= 4 is 65.4 Å². The normalized spacial score (nSPS) is 11.6. The summed E-state index contributed by atoms with van der Waals surface area (Å²) in [6, 6.07) is 66.0. The molecule has 0 saturated heterocycles.